The number of hydrogen-bond donors (Lipinski definition) is 1. The average molecular weight is 436 g/mol. The Morgan fingerprint density at radius 1 is 1.15 bits per heavy atom. The van der Waals surface area contributed by atoms with Crippen molar-refractivity contribution in [3.05, 3.63) is 52.5 Å². The van der Waals surface area contributed by atoms with E-state index in [1.54, 1.807) is 11.8 Å². The zero-order chi connectivity index (χ0) is 18.4. The lowest BCUT2D eigenvalue weighted by molar-refractivity contribution is -0.121. The molecule has 1 aliphatic heterocycles. The summed E-state index contributed by atoms with van der Waals surface area (Å²) in [7, 11) is 0. The van der Waals surface area contributed by atoms with E-state index < -0.39 is 0 Å². The molecule has 138 valence electrons. The van der Waals surface area contributed by atoms with Crippen LogP contribution in [0, 0.1) is 0 Å². The molecule has 26 heavy (non-hydrogen) atoms. The number of rotatable bonds is 6. The molecule has 1 aliphatic rings. The normalized spacial score (nSPS) is 14.4. The van der Waals surface area contributed by atoms with Crippen LogP contribution >= 0.6 is 27.7 Å². The number of halogens is 1. The molecule has 1 unspecified atom stereocenters. The van der Waals surface area contributed by atoms with Crippen LogP contribution < -0.4 is 14.8 Å². The molecule has 2 aromatic carbocycles. The summed E-state index contributed by atoms with van der Waals surface area (Å²) in [5, 5.41) is 3.06. The monoisotopic (exact) mass is 435 g/mol. The fraction of sp³-hybridized carbons (Fsp3) is 0.350. The van der Waals surface area contributed by atoms with Crippen molar-refractivity contribution in [2.75, 3.05) is 19.0 Å². The molecule has 1 heterocycles. The van der Waals surface area contributed by atoms with Gasteiger partial charge in [0.15, 0.2) is 11.5 Å². The van der Waals surface area contributed by atoms with Gasteiger partial charge < -0.3 is 14.8 Å². The summed E-state index contributed by atoms with van der Waals surface area (Å²) in [5.74, 6) is 2.33. The Labute approximate surface area is 166 Å². The fourth-order valence-corrected chi connectivity index (χ4v) is 3.75. The van der Waals surface area contributed by atoms with Gasteiger partial charge in [-0.05, 0) is 48.9 Å². The number of amides is 1. The van der Waals surface area contributed by atoms with E-state index in [-0.39, 0.29) is 11.9 Å². The summed E-state index contributed by atoms with van der Waals surface area (Å²) >= 11 is 5.11. The van der Waals surface area contributed by atoms with Gasteiger partial charge in [-0.1, -0.05) is 22.0 Å². The molecule has 6 heteroatoms. The van der Waals surface area contributed by atoms with E-state index in [1.807, 2.05) is 49.4 Å². The molecule has 0 spiro atoms. The minimum Gasteiger partial charge on any atom is -0.490 e. The van der Waals surface area contributed by atoms with Gasteiger partial charge in [-0.3, -0.25) is 4.79 Å². The Morgan fingerprint density at radius 3 is 2.65 bits per heavy atom. The van der Waals surface area contributed by atoms with Crippen LogP contribution in [-0.4, -0.2) is 24.9 Å². The van der Waals surface area contributed by atoms with E-state index >= 15 is 0 Å². The van der Waals surface area contributed by atoms with Crippen LogP contribution in [-0.2, 0) is 4.79 Å². The minimum atomic E-state index is -0.0719. The molecular weight excluding hydrogens is 414 g/mol. The number of benzene rings is 2. The highest BCUT2D eigenvalue weighted by atomic mass is 79.9. The second-order valence-electron chi connectivity index (χ2n) is 6.10. The first kappa shape index (κ1) is 19.1. The van der Waals surface area contributed by atoms with Gasteiger partial charge in [-0.15, -0.1) is 11.8 Å². The van der Waals surface area contributed by atoms with E-state index in [9.17, 15) is 4.79 Å². The summed E-state index contributed by atoms with van der Waals surface area (Å²) in [6.45, 7) is 3.32. The summed E-state index contributed by atoms with van der Waals surface area (Å²) in [5.41, 5.74) is 1.02. The number of thioether (sulfide) groups is 1. The van der Waals surface area contributed by atoms with Gasteiger partial charge in [0.25, 0.3) is 0 Å². The fourth-order valence-electron chi connectivity index (χ4n) is 2.64. The van der Waals surface area contributed by atoms with E-state index in [1.165, 1.54) is 0 Å². The van der Waals surface area contributed by atoms with Crippen molar-refractivity contribution in [2.45, 2.75) is 30.7 Å². The molecule has 0 radical (unpaired) electrons. The quantitative estimate of drug-likeness (QED) is 0.650. The van der Waals surface area contributed by atoms with Crippen molar-refractivity contribution in [1.82, 2.24) is 5.32 Å². The van der Waals surface area contributed by atoms with Crippen molar-refractivity contribution < 1.29 is 14.3 Å². The number of nitrogens with one attached hydrogen (secondary N) is 1. The standard InChI is InChI=1S/C20H22BrNO3S/c1-14(15-3-8-18-19(13-15)25-11-2-10-24-18)22-20(23)9-12-26-17-6-4-16(21)5-7-17/h3-8,13-14H,2,9-12H2,1H3,(H,22,23). The Kier molecular flexibility index (Phi) is 6.86. The summed E-state index contributed by atoms with van der Waals surface area (Å²) in [6.07, 6.45) is 1.36. The van der Waals surface area contributed by atoms with Crippen molar-refractivity contribution in [1.29, 1.82) is 0 Å². The largest absolute Gasteiger partial charge is 0.490 e. The van der Waals surface area contributed by atoms with E-state index in [0.717, 1.165) is 38.6 Å². The van der Waals surface area contributed by atoms with Crippen LogP contribution in [0.1, 0.15) is 31.4 Å². The van der Waals surface area contributed by atoms with E-state index in [4.69, 9.17) is 9.47 Å². The smallest absolute Gasteiger partial charge is 0.221 e. The number of hydrogen-bond acceptors (Lipinski definition) is 4. The van der Waals surface area contributed by atoms with E-state index in [0.29, 0.717) is 19.6 Å². The third-order valence-electron chi connectivity index (χ3n) is 4.06. The number of carbonyl (C=O) groups excluding carboxylic acids is 1. The zero-order valence-electron chi connectivity index (χ0n) is 14.7. The molecule has 1 amide bonds. The molecule has 0 aromatic heterocycles. The molecule has 0 saturated heterocycles. The highest BCUT2D eigenvalue weighted by Crippen LogP contribution is 2.32. The third-order valence-corrected chi connectivity index (χ3v) is 5.60. The molecule has 0 fully saturated rings. The van der Waals surface area contributed by atoms with Gasteiger partial charge >= 0.3 is 0 Å². The third kappa shape index (κ3) is 5.42. The van der Waals surface area contributed by atoms with Crippen LogP contribution in [0.3, 0.4) is 0 Å². The van der Waals surface area contributed by atoms with Crippen molar-refractivity contribution in [3.63, 3.8) is 0 Å². The number of ether oxygens (including phenoxy) is 2. The topological polar surface area (TPSA) is 47.6 Å². The van der Waals surface area contributed by atoms with Gasteiger partial charge in [0.2, 0.25) is 5.91 Å². The van der Waals surface area contributed by atoms with Gasteiger partial charge in [-0.25, -0.2) is 0 Å². The maximum Gasteiger partial charge on any atom is 0.221 e. The Morgan fingerprint density at radius 2 is 1.88 bits per heavy atom. The van der Waals surface area contributed by atoms with Gasteiger partial charge in [0.05, 0.1) is 19.3 Å². The number of carbonyl (C=O) groups is 1. The van der Waals surface area contributed by atoms with Crippen molar-refractivity contribution in [3.8, 4) is 11.5 Å². The molecule has 4 nitrogen and oxygen atoms in total. The predicted octanol–water partition coefficient (Wildman–Crippen LogP) is 4.97. The Balaban J connectivity index is 1.49. The molecule has 0 aliphatic carbocycles. The summed E-state index contributed by atoms with van der Waals surface area (Å²) in [4.78, 5) is 13.4. The molecular formula is C20H22BrNO3S. The molecule has 3 rings (SSSR count). The lowest BCUT2D eigenvalue weighted by atomic mass is 10.1. The number of fused-ring (bicyclic) bond motifs is 1. The first-order valence-corrected chi connectivity index (χ1v) is 10.5. The van der Waals surface area contributed by atoms with Gasteiger partial charge in [0, 0.05) is 28.0 Å². The maximum atomic E-state index is 12.2. The molecule has 1 N–H and O–H groups in total. The van der Waals surface area contributed by atoms with Crippen molar-refractivity contribution >= 4 is 33.6 Å². The van der Waals surface area contributed by atoms with Gasteiger partial charge in [0.1, 0.15) is 0 Å². The zero-order valence-corrected chi connectivity index (χ0v) is 17.1. The lowest BCUT2D eigenvalue weighted by Gasteiger charge is -2.16. The predicted molar refractivity (Wildman–Crippen MR) is 108 cm³/mol. The second-order valence-corrected chi connectivity index (χ2v) is 8.18. The highest BCUT2D eigenvalue weighted by molar-refractivity contribution is 9.10. The van der Waals surface area contributed by atoms with Crippen LogP contribution in [0.5, 0.6) is 11.5 Å². The van der Waals surface area contributed by atoms with Crippen LogP contribution in [0.4, 0.5) is 0 Å². The van der Waals surface area contributed by atoms with Crippen LogP contribution in [0.15, 0.2) is 51.8 Å². The molecule has 2 aromatic rings. The highest BCUT2D eigenvalue weighted by Gasteiger charge is 2.15. The molecule has 1 atom stereocenters. The molecule has 0 saturated carbocycles. The first-order chi connectivity index (χ1) is 12.6. The Bertz CT molecular complexity index is 751. The average Bonchev–Trinajstić information content (AvgIpc) is 2.88. The minimum absolute atomic E-state index is 0.0502. The maximum absolute atomic E-state index is 12.2. The SMILES string of the molecule is CC(NC(=O)CCSc1ccc(Br)cc1)c1ccc2c(c1)OCCCO2. The van der Waals surface area contributed by atoms with E-state index in [2.05, 4.69) is 21.2 Å². The Hall–Kier alpha value is -1.66. The van der Waals surface area contributed by atoms with Crippen molar-refractivity contribution in [2.24, 2.45) is 0 Å². The summed E-state index contributed by atoms with van der Waals surface area (Å²) < 4.78 is 12.4. The van der Waals surface area contributed by atoms with Gasteiger partial charge in [-0.2, -0.15) is 0 Å². The summed E-state index contributed by atoms with van der Waals surface area (Å²) in [6, 6.07) is 13.9. The van der Waals surface area contributed by atoms with Crippen LogP contribution in [0.25, 0.3) is 0 Å². The second kappa shape index (κ2) is 9.33. The van der Waals surface area contributed by atoms with Crippen LogP contribution in [0.2, 0.25) is 0 Å². The molecule has 0 bridgehead atoms. The first-order valence-electron chi connectivity index (χ1n) is 8.69. The lowest BCUT2D eigenvalue weighted by Crippen LogP contribution is -2.26.